The molecule has 186 valence electrons. The van der Waals surface area contributed by atoms with Gasteiger partial charge in [0, 0.05) is 16.9 Å². The number of halogens is 4. The van der Waals surface area contributed by atoms with E-state index >= 15 is 0 Å². The molecule has 0 atom stereocenters. The fourth-order valence-electron chi connectivity index (χ4n) is 3.45. The summed E-state index contributed by atoms with van der Waals surface area (Å²) in [6.07, 6.45) is -4.63. The average Bonchev–Trinajstić information content (AvgIpc) is 3.27. The number of ether oxygens (including phenoxy) is 1. The summed E-state index contributed by atoms with van der Waals surface area (Å²) < 4.78 is 46.4. The molecule has 0 unspecified atom stereocenters. The normalized spacial score (nSPS) is 11.4. The Morgan fingerprint density at radius 2 is 1.83 bits per heavy atom. The molecular formula is C25H20ClF3N4O2S. The molecule has 1 N–H and O–H groups in total. The fourth-order valence-corrected chi connectivity index (χ4v) is 4.42. The van der Waals surface area contributed by atoms with Crippen LogP contribution in [0.3, 0.4) is 0 Å². The lowest BCUT2D eigenvalue weighted by atomic mass is 10.1. The number of rotatable bonds is 7. The van der Waals surface area contributed by atoms with Gasteiger partial charge in [-0.15, -0.1) is 10.2 Å². The Balaban J connectivity index is 1.58. The molecule has 3 aromatic carbocycles. The zero-order valence-electron chi connectivity index (χ0n) is 19.1. The van der Waals surface area contributed by atoms with E-state index in [2.05, 4.69) is 15.5 Å². The number of nitrogens with zero attached hydrogens (tertiary/aromatic N) is 3. The number of benzene rings is 3. The Kier molecular flexibility index (Phi) is 7.56. The SMILES string of the molecule is COc1ccc(-n2c(SCC(=O)Nc3ccc(Cl)c(C(F)(F)F)c3)nnc2-c2cccc(C)c2)cc1. The first-order chi connectivity index (χ1) is 17.2. The van der Waals surface area contributed by atoms with Gasteiger partial charge in [-0.05, 0) is 55.5 Å². The average molecular weight is 533 g/mol. The first-order valence-corrected chi connectivity index (χ1v) is 12.0. The number of methoxy groups -OCH3 is 1. The van der Waals surface area contributed by atoms with Gasteiger partial charge in [0.25, 0.3) is 0 Å². The topological polar surface area (TPSA) is 69.0 Å². The molecule has 6 nitrogen and oxygen atoms in total. The van der Waals surface area contributed by atoms with Crippen molar-refractivity contribution in [3.8, 4) is 22.8 Å². The van der Waals surface area contributed by atoms with Crippen molar-refractivity contribution in [2.45, 2.75) is 18.3 Å². The Morgan fingerprint density at radius 1 is 1.08 bits per heavy atom. The van der Waals surface area contributed by atoms with E-state index in [-0.39, 0.29) is 11.4 Å². The number of carbonyl (C=O) groups excluding carboxylic acids is 1. The van der Waals surface area contributed by atoms with Crippen LogP contribution in [0.4, 0.5) is 18.9 Å². The Hall–Kier alpha value is -3.50. The number of thioether (sulfide) groups is 1. The molecule has 0 spiro atoms. The van der Waals surface area contributed by atoms with E-state index in [1.807, 2.05) is 47.9 Å². The highest BCUT2D eigenvalue weighted by Crippen LogP contribution is 2.36. The number of anilines is 1. The summed E-state index contributed by atoms with van der Waals surface area (Å²) in [5.41, 5.74) is 1.63. The molecule has 1 aromatic heterocycles. The highest BCUT2D eigenvalue weighted by Gasteiger charge is 2.33. The minimum Gasteiger partial charge on any atom is -0.497 e. The maximum atomic E-state index is 13.1. The van der Waals surface area contributed by atoms with Gasteiger partial charge >= 0.3 is 6.18 Å². The Labute approximate surface area is 214 Å². The van der Waals surface area contributed by atoms with Crippen LogP contribution in [0.2, 0.25) is 5.02 Å². The zero-order valence-corrected chi connectivity index (χ0v) is 20.7. The summed E-state index contributed by atoms with van der Waals surface area (Å²) in [5, 5.41) is 11.1. The van der Waals surface area contributed by atoms with Crippen LogP contribution in [0.5, 0.6) is 5.75 Å². The van der Waals surface area contributed by atoms with Crippen molar-refractivity contribution in [3.63, 3.8) is 0 Å². The molecule has 4 rings (SSSR count). The number of nitrogens with one attached hydrogen (secondary N) is 1. The highest BCUT2D eigenvalue weighted by atomic mass is 35.5. The third-order valence-corrected chi connectivity index (χ3v) is 6.39. The monoisotopic (exact) mass is 532 g/mol. The third-order valence-electron chi connectivity index (χ3n) is 5.13. The van der Waals surface area contributed by atoms with Crippen LogP contribution in [0, 0.1) is 6.92 Å². The number of carbonyl (C=O) groups is 1. The predicted octanol–water partition coefficient (Wildman–Crippen LogP) is 6.65. The van der Waals surface area contributed by atoms with Crippen LogP contribution < -0.4 is 10.1 Å². The minimum atomic E-state index is -4.63. The first kappa shape index (κ1) is 25.6. The number of alkyl halides is 3. The van der Waals surface area contributed by atoms with Crippen molar-refractivity contribution in [3.05, 3.63) is 82.9 Å². The molecule has 4 aromatic rings. The quantitative estimate of drug-likeness (QED) is 0.270. The van der Waals surface area contributed by atoms with Crippen molar-refractivity contribution < 1.29 is 22.7 Å². The number of hydrogen-bond donors (Lipinski definition) is 1. The maximum Gasteiger partial charge on any atom is 0.417 e. The molecular weight excluding hydrogens is 513 g/mol. The number of hydrogen-bond acceptors (Lipinski definition) is 5. The molecule has 0 bridgehead atoms. The molecule has 0 radical (unpaired) electrons. The Morgan fingerprint density at radius 3 is 2.50 bits per heavy atom. The first-order valence-electron chi connectivity index (χ1n) is 10.6. The van der Waals surface area contributed by atoms with E-state index in [1.54, 1.807) is 19.2 Å². The van der Waals surface area contributed by atoms with Crippen molar-refractivity contribution in [1.82, 2.24) is 14.8 Å². The van der Waals surface area contributed by atoms with E-state index in [0.29, 0.717) is 16.7 Å². The molecule has 0 saturated carbocycles. The van der Waals surface area contributed by atoms with Crippen molar-refractivity contribution >= 4 is 35.0 Å². The van der Waals surface area contributed by atoms with Gasteiger partial charge in [0.05, 0.1) is 23.4 Å². The van der Waals surface area contributed by atoms with Crippen LogP contribution in [0.25, 0.3) is 17.1 Å². The van der Waals surface area contributed by atoms with E-state index in [1.165, 1.54) is 6.07 Å². The second-order valence-corrected chi connectivity index (χ2v) is 9.09. The predicted molar refractivity (Wildman–Crippen MR) is 134 cm³/mol. The summed E-state index contributed by atoms with van der Waals surface area (Å²) in [6.45, 7) is 1.97. The van der Waals surface area contributed by atoms with Gasteiger partial charge in [0.15, 0.2) is 11.0 Å². The van der Waals surface area contributed by atoms with Gasteiger partial charge in [-0.25, -0.2) is 0 Å². The van der Waals surface area contributed by atoms with Crippen LogP contribution in [0.1, 0.15) is 11.1 Å². The standard InChI is InChI=1S/C25H20ClF3N4O2S/c1-15-4-3-5-16(12-15)23-31-32-24(33(23)18-7-9-19(35-2)10-8-18)36-14-22(34)30-17-6-11-21(26)20(13-17)25(27,28)29/h3-13H,14H2,1-2H3,(H,30,34). The lowest BCUT2D eigenvalue weighted by Gasteiger charge is -2.13. The summed E-state index contributed by atoms with van der Waals surface area (Å²) in [4.78, 5) is 12.6. The van der Waals surface area contributed by atoms with Gasteiger partial charge in [0.1, 0.15) is 5.75 Å². The van der Waals surface area contributed by atoms with Gasteiger partial charge in [-0.2, -0.15) is 13.2 Å². The smallest absolute Gasteiger partial charge is 0.417 e. The second kappa shape index (κ2) is 10.6. The van der Waals surface area contributed by atoms with Crippen LogP contribution in [-0.4, -0.2) is 33.5 Å². The fraction of sp³-hybridized carbons (Fsp3) is 0.160. The largest absolute Gasteiger partial charge is 0.497 e. The minimum absolute atomic E-state index is 0.00519. The molecule has 1 heterocycles. The lowest BCUT2D eigenvalue weighted by molar-refractivity contribution is -0.137. The van der Waals surface area contributed by atoms with E-state index in [0.717, 1.165) is 40.7 Å². The molecule has 11 heteroatoms. The molecule has 0 aliphatic heterocycles. The Bertz CT molecular complexity index is 1390. The molecule has 0 saturated heterocycles. The summed E-state index contributed by atoms with van der Waals surface area (Å²) >= 11 is 6.76. The molecule has 1 amide bonds. The maximum absolute atomic E-state index is 13.1. The molecule has 0 aliphatic carbocycles. The molecule has 0 aliphatic rings. The number of aryl methyl sites for hydroxylation is 1. The van der Waals surface area contributed by atoms with E-state index in [4.69, 9.17) is 16.3 Å². The lowest BCUT2D eigenvalue weighted by Crippen LogP contribution is -2.15. The third kappa shape index (κ3) is 5.83. The second-order valence-electron chi connectivity index (χ2n) is 7.74. The van der Waals surface area contributed by atoms with Crippen molar-refractivity contribution in [2.24, 2.45) is 0 Å². The van der Waals surface area contributed by atoms with Gasteiger partial charge in [-0.1, -0.05) is 47.1 Å². The van der Waals surface area contributed by atoms with E-state index < -0.39 is 22.7 Å². The molecule has 0 fully saturated rings. The van der Waals surface area contributed by atoms with Gasteiger partial charge in [-0.3, -0.25) is 9.36 Å². The van der Waals surface area contributed by atoms with Crippen molar-refractivity contribution in [2.75, 3.05) is 18.2 Å². The number of amides is 1. The highest BCUT2D eigenvalue weighted by molar-refractivity contribution is 7.99. The van der Waals surface area contributed by atoms with Gasteiger partial charge < -0.3 is 10.1 Å². The van der Waals surface area contributed by atoms with Crippen molar-refractivity contribution in [1.29, 1.82) is 0 Å². The van der Waals surface area contributed by atoms with Crippen LogP contribution in [0.15, 0.2) is 71.9 Å². The summed E-state index contributed by atoms with van der Waals surface area (Å²) in [7, 11) is 1.57. The van der Waals surface area contributed by atoms with Gasteiger partial charge in [0.2, 0.25) is 5.91 Å². The summed E-state index contributed by atoms with van der Waals surface area (Å²) in [6, 6.07) is 18.3. The van der Waals surface area contributed by atoms with E-state index in [9.17, 15) is 18.0 Å². The zero-order chi connectivity index (χ0) is 25.9. The van der Waals surface area contributed by atoms with Crippen LogP contribution >= 0.6 is 23.4 Å². The summed E-state index contributed by atoms with van der Waals surface area (Å²) in [5.74, 6) is 0.654. The van der Waals surface area contributed by atoms with Crippen LogP contribution in [-0.2, 0) is 11.0 Å². The molecule has 36 heavy (non-hydrogen) atoms. The number of aromatic nitrogens is 3.